The highest BCUT2D eigenvalue weighted by atomic mass is 16.5. The fourth-order valence-corrected chi connectivity index (χ4v) is 3.09. The zero-order chi connectivity index (χ0) is 13.2. The highest BCUT2D eigenvalue weighted by Crippen LogP contribution is 2.29. The Morgan fingerprint density at radius 1 is 1.37 bits per heavy atom. The van der Waals surface area contributed by atoms with Crippen molar-refractivity contribution in [3.05, 3.63) is 23.9 Å². The van der Waals surface area contributed by atoms with E-state index in [1.165, 1.54) is 0 Å². The number of ether oxygens (including phenoxy) is 1. The molecular formula is C14H19N3O2. The van der Waals surface area contributed by atoms with Gasteiger partial charge in [-0.1, -0.05) is 6.07 Å². The number of hydrogen-bond donors (Lipinski definition) is 1. The van der Waals surface area contributed by atoms with Gasteiger partial charge < -0.3 is 15.0 Å². The first-order valence-electron chi connectivity index (χ1n) is 6.84. The van der Waals surface area contributed by atoms with Crippen molar-refractivity contribution in [1.29, 1.82) is 0 Å². The normalized spacial score (nSPS) is 26.1. The third-order valence-corrected chi connectivity index (χ3v) is 4.04. The average Bonchev–Trinajstić information content (AvgIpc) is 2.71. The predicted octanol–water partition coefficient (Wildman–Crippen LogP) is 1.06. The van der Waals surface area contributed by atoms with E-state index >= 15 is 0 Å². The smallest absolute Gasteiger partial charge is 0.273 e. The van der Waals surface area contributed by atoms with Crippen molar-refractivity contribution in [3.8, 4) is 5.88 Å². The fraction of sp³-hybridized carbons (Fsp3) is 0.571. The molecule has 0 aliphatic carbocycles. The van der Waals surface area contributed by atoms with Crippen LogP contribution in [-0.4, -0.2) is 48.1 Å². The van der Waals surface area contributed by atoms with E-state index in [-0.39, 0.29) is 5.91 Å². The summed E-state index contributed by atoms with van der Waals surface area (Å²) >= 11 is 0. The second kappa shape index (κ2) is 5.17. The lowest BCUT2D eigenvalue weighted by Gasteiger charge is -2.27. The Morgan fingerprint density at radius 2 is 2.21 bits per heavy atom. The molecule has 1 amide bonds. The summed E-state index contributed by atoms with van der Waals surface area (Å²) in [6, 6.07) is 6.02. The van der Waals surface area contributed by atoms with Gasteiger partial charge in [-0.3, -0.25) is 4.79 Å². The Kier molecular flexibility index (Phi) is 3.38. The van der Waals surface area contributed by atoms with Gasteiger partial charge in [-0.2, -0.15) is 0 Å². The molecule has 3 rings (SSSR count). The molecule has 0 radical (unpaired) electrons. The number of aromatic nitrogens is 1. The topological polar surface area (TPSA) is 54.5 Å². The summed E-state index contributed by atoms with van der Waals surface area (Å²) in [4.78, 5) is 19.0. The SMILES string of the molecule is COc1cccc(C(=O)N2C3CCNCC2CC3)n1. The maximum absolute atomic E-state index is 12.7. The van der Waals surface area contributed by atoms with Crippen molar-refractivity contribution in [2.75, 3.05) is 20.2 Å². The highest BCUT2D eigenvalue weighted by Gasteiger charge is 2.38. The number of fused-ring (bicyclic) bond motifs is 2. The van der Waals surface area contributed by atoms with E-state index in [0.717, 1.165) is 32.4 Å². The second-order valence-electron chi connectivity index (χ2n) is 5.16. The number of carbonyl (C=O) groups excluding carboxylic acids is 1. The molecule has 2 saturated heterocycles. The predicted molar refractivity (Wildman–Crippen MR) is 71.3 cm³/mol. The number of methoxy groups -OCH3 is 1. The van der Waals surface area contributed by atoms with Gasteiger partial charge in [0.2, 0.25) is 5.88 Å². The van der Waals surface area contributed by atoms with Crippen LogP contribution in [0.15, 0.2) is 18.2 Å². The standard InChI is InChI=1S/C14H19N3O2/c1-19-13-4-2-3-12(16-13)14(18)17-10-5-6-11(17)9-15-8-7-10/h2-4,10-11,15H,5-9H2,1H3. The van der Waals surface area contributed by atoms with Crippen LogP contribution in [0.1, 0.15) is 29.8 Å². The van der Waals surface area contributed by atoms with Gasteiger partial charge in [-0.25, -0.2) is 4.98 Å². The molecule has 3 heterocycles. The third-order valence-electron chi connectivity index (χ3n) is 4.04. The third kappa shape index (κ3) is 2.30. The average molecular weight is 261 g/mol. The molecule has 0 spiro atoms. The van der Waals surface area contributed by atoms with Crippen LogP contribution >= 0.6 is 0 Å². The van der Waals surface area contributed by atoms with E-state index < -0.39 is 0 Å². The van der Waals surface area contributed by atoms with Gasteiger partial charge in [0.15, 0.2) is 0 Å². The lowest BCUT2D eigenvalue weighted by molar-refractivity contribution is 0.0673. The zero-order valence-electron chi connectivity index (χ0n) is 11.1. The summed E-state index contributed by atoms with van der Waals surface area (Å²) in [5.74, 6) is 0.529. The van der Waals surface area contributed by atoms with Crippen molar-refractivity contribution in [2.45, 2.75) is 31.3 Å². The molecule has 5 nitrogen and oxygen atoms in total. The molecular weight excluding hydrogens is 242 g/mol. The first kappa shape index (κ1) is 12.4. The molecule has 2 bridgehead atoms. The number of pyridine rings is 1. The van der Waals surface area contributed by atoms with Crippen molar-refractivity contribution in [2.24, 2.45) is 0 Å². The Bertz CT molecular complexity index is 464. The van der Waals surface area contributed by atoms with E-state index in [1.54, 1.807) is 19.2 Å². The molecule has 19 heavy (non-hydrogen) atoms. The summed E-state index contributed by atoms with van der Waals surface area (Å²) in [5, 5.41) is 3.40. The lowest BCUT2D eigenvalue weighted by atomic mass is 10.1. The number of amides is 1. The Balaban J connectivity index is 1.86. The van der Waals surface area contributed by atoms with E-state index in [9.17, 15) is 4.79 Å². The molecule has 102 valence electrons. The van der Waals surface area contributed by atoms with Gasteiger partial charge >= 0.3 is 0 Å². The van der Waals surface area contributed by atoms with Crippen LogP contribution in [0.2, 0.25) is 0 Å². The molecule has 1 N–H and O–H groups in total. The molecule has 0 saturated carbocycles. The maximum atomic E-state index is 12.7. The molecule has 2 atom stereocenters. The van der Waals surface area contributed by atoms with E-state index in [1.807, 2.05) is 11.0 Å². The Labute approximate surface area is 113 Å². The van der Waals surface area contributed by atoms with Crippen molar-refractivity contribution >= 4 is 5.91 Å². The van der Waals surface area contributed by atoms with Crippen molar-refractivity contribution in [1.82, 2.24) is 15.2 Å². The van der Waals surface area contributed by atoms with Crippen LogP contribution in [0.5, 0.6) is 5.88 Å². The minimum absolute atomic E-state index is 0.0371. The van der Waals surface area contributed by atoms with Crippen LogP contribution in [0, 0.1) is 0 Å². The van der Waals surface area contributed by atoms with Gasteiger partial charge in [0.05, 0.1) is 7.11 Å². The van der Waals surface area contributed by atoms with Crippen LogP contribution in [0.4, 0.5) is 0 Å². The van der Waals surface area contributed by atoms with Crippen molar-refractivity contribution < 1.29 is 9.53 Å². The van der Waals surface area contributed by atoms with Crippen molar-refractivity contribution in [3.63, 3.8) is 0 Å². The molecule has 0 aromatic carbocycles. The minimum Gasteiger partial charge on any atom is -0.481 e. The monoisotopic (exact) mass is 261 g/mol. The zero-order valence-corrected chi connectivity index (χ0v) is 11.1. The van der Waals surface area contributed by atoms with Gasteiger partial charge in [0, 0.05) is 24.7 Å². The largest absolute Gasteiger partial charge is 0.481 e. The Morgan fingerprint density at radius 3 is 3.05 bits per heavy atom. The maximum Gasteiger partial charge on any atom is 0.273 e. The molecule has 2 aliphatic rings. The summed E-state index contributed by atoms with van der Waals surface area (Å²) in [6.45, 7) is 1.89. The minimum atomic E-state index is 0.0371. The molecule has 1 aromatic rings. The number of carbonyl (C=O) groups is 1. The van der Waals surface area contributed by atoms with Gasteiger partial charge in [-0.15, -0.1) is 0 Å². The van der Waals surface area contributed by atoms with E-state index in [0.29, 0.717) is 23.7 Å². The summed E-state index contributed by atoms with van der Waals surface area (Å²) in [7, 11) is 1.57. The first-order chi connectivity index (χ1) is 9.29. The quantitative estimate of drug-likeness (QED) is 0.865. The summed E-state index contributed by atoms with van der Waals surface area (Å²) in [6.07, 6.45) is 3.24. The summed E-state index contributed by atoms with van der Waals surface area (Å²) < 4.78 is 5.09. The molecule has 1 aromatic heterocycles. The molecule has 5 heteroatoms. The number of nitrogens with one attached hydrogen (secondary N) is 1. The number of rotatable bonds is 2. The number of nitrogens with zero attached hydrogens (tertiary/aromatic N) is 2. The van der Waals surface area contributed by atoms with Gasteiger partial charge in [-0.05, 0) is 31.9 Å². The number of hydrogen-bond acceptors (Lipinski definition) is 4. The van der Waals surface area contributed by atoms with Crippen LogP contribution in [0.25, 0.3) is 0 Å². The summed E-state index contributed by atoms with van der Waals surface area (Å²) in [5.41, 5.74) is 0.484. The highest BCUT2D eigenvalue weighted by molar-refractivity contribution is 5.93. The molecule has 2 unspecified atom stereocenters. The van der Waals surface area contributed by atoms with Crippen LogP contribution in [0.3, 0.4) is 0 Å². The van der Waals surface area contributed by atoms with Crippen LogP contribution < -0.4 is 10.1 Å². The Hall–Kier alpha value is -1.62. The van der Waals surface area contributed by atoms with Crippen LogP contribution in [-0.2, 0) is 0 Å². The first-order valence-corrected chi connectivity index (χ1v) is 6.84. The van der Waals surface area contributed by atoms with E-state index in [2.05, 4.69) is 10.3 Å². The second-order valence-corrected chi connectivity index (χ2v) is 5.16. The van der Waals surface area contributed by atoms with E-state index in [4.69, 9.17) is 4.74 Å². The van der Waals surface area contributed by atoms with Gasteiger partial charge in [0.25, 0.3) is 5.91 Å². The van der Waals surface area contributed by atoms with Gasteiger partial charge in [0.1, 0.15) is 5.69 Å². The molecule has 2 aliphatic heterocycles. The lowest BCUT2D eigenvalue weighted by Crippen LogP contribution is -2.42. The fourth-order valence-electron chi connectivity index (χ4n) is 3.09. The molecule has 2 fully saturated rings.